The Morgan fingerprint density at radius 1 is 0.596 bits per heavy atom. The van der Waals surface area contributed by atoms with E-state index in [9.17, 15) is 28.8 Å². The molecule has 2 heterocycles. The Balaban J connectivity index is 1.20. The first-order valence-electron chi connectivity index (χ1n) is 17.8. The number of nitrogens with one attached hydrogen (secondary N) is 3. The number of benzene rings is 3. The highest BCUT2D eigenvalue weighted by atomic mass is 16.8. The van der Waals surface area contributed by atoms with Crippen LogP contribution < -0.4 is 16.0 Å². The SMILES string of the molecule is CC1(C)O[C@@H]2O[C@H]([C@H](COC(=O)CNC(=O)OCc3ccccc3)OC(=O)CNC(=O)OCc3ccccc3)[C@H](OC(=O)CNC(=O)OCc3ccccc3)[C@H]2O1. The van der Waals surface area contributed by atoms with Crippen LogP contribution >= 0.6 is 0 Å². The summed E-state index contributed by atoms with van der Waals surface area (Å²) in [6, 6.07) is 26.6. The largest absolute Gasteiger partial charge is 0.460 e. The maximum absolute atomic E-state index is 13.1. The van der Waals surface area contributed by atoms with E-state index in [0.717, 1.165) is 11.1 Å². The van der Waals surface area contributed by atoms with Gasteiger partial charge in [0.2, 0.25) is 0 Å². The Kier molecular flexibility index (Phi) is 15.2. The van der Waals surface area contributed by atoms with Crippen LogP contribution in [-0.2, 0) is 76.8 Å². The molecule has 304 valence electrons. The van der Waals surface area contributed by atoms with Crippen molar-refractivity contribution >= 4 is 36.2 Å². The van der Waals surface area contributed by atoms with Gasteiger partial charge in [0.05, 0.1) is 0 Å². The Morgan fingerprint density at radius 2 is 1.04 bits per heavy atom. The molecule has 2 aliphatic rings. The number of hydrogen-bond acceptors (Lipinski definition) is 15. The lowest BCUT2D eigenvalue weighted by Gasteiger charge is -2.30. The van der Waals surface area contributed by atoms with Crippen molar-refractivity contribution in [2.75, 3.05) is 26.2 Å². The Hall–Kier alpha value is -6.24. The molecule has 2 fully saturated rings. The average Bonchev–Trinajstić information content (AvgIpc) is 3.69. The summed E-state index contributed by atoms with van der Waals surface area (Å²) in [7, 11) is 0. The number of fused-ring (bicyclic) bond motifs is 1. The summed E-state index contributed by atoms with van der Waals surface area (Å²) >= 11 is 0. The second-order valence-corrected chi connectivity index (χ2v) is 13.0. The molecule has 0 unspecified atom stereocenters. The lowest BCUT2D eigenvalue weighted by atomic mass is 10.1. The molecule has 18 nitrogen and oxygen atoms in total. The number of alkyl carbamates (subject to hydrolysis) is 3. The van der Waals surface area contributed by atoms with Crippen molar-refractivity contribution in [3.63, 3.8) is 0 Å². The molecule has 0 aliphatic carbocycles. The highest BCUT2D eigenvalue weighted by Crippen LogP contribution is 2.40. The summed E-state index contributed by atoms with van der Waals surface area (Å²) in [6.45, 7) is 0.473. The van der Waals surface area contributed by atoms with Gasteiger partial charge in [0, 0.05) is 0 Å². The molecule has 57 heavy (non-hydrogen) atoms. The molecule has 0 radical (unpaired) electrons. The summed E-state index contributed by atoms with van der Waals surface area (Å²) in [6.07, 6.45) is -9.07. The number of esters is 3. The molecule has 5 atom stereocenters. The Morgan fingerprint density at radius 3 is 1.51 bits per heavy atom. The average molecular weight is 794 g/mol. The zero-order valence-corrected chi connectivity index (χ0v) is 31.1. The first kappa shape index (κ1) is 41.9. The lowest BCUT2D eigenvalue weighted by Crippen LogP contribution is -2.49. The van der Waals surface area contributed by atoms with Crippen LogP contribution in [0.25, 0.3) is 0 Å². The molecule has 0 aromatic heterocycles. The molecule has 2 saturated heterocycles. The second-order valence-electron chi connectivity index (χ2n) is 13.0. The third-order valence-corrected chi connectivity index (χ3v) is 8.12. The minimum absolute atomic E-state index is 0.0413. The van der Waals surface area contributed by atoms with E-state index in [4.69, 9.17) is 42.6 Å². The van der Waals surface area contributed by atoms with E-state index in [1.54, 1.807) is 92.7 Å². The second kappa shape index (κ2) is 20.6. The molecule has 0 spiro atoms. The van der Waals surface area contributed by atoms with Gasteiger partial charge in [-0.2, -0.15) is 0 Å². The van der Waals surface area contributed by atoms with Crippen LogP contribution in [0, 0.1) is 0 Å². The van der Waals surface area contributed by atoms with Gasteiger partial charge in [-0.1, -0.05) is 91.0 Å². The first-order valence-corrected chi connectivity index (χ1v) is 17.8. The predicted octanol–water partition coefficient (Wildman–Crippen LogP) is 3.01. The zero-order chi connectivity index (χ0) is 40.6. The quantitative estimate of drug-likeness (QED) is 0.132. The fourth-order valence-corrected chi connectivity index (χ4v) is 5.52. The number of hydrogen-bond donors (Lipinski definition) is 3. The molecule has 3 aromatic carbocycles. The normalized spacial score (nSPS) is 19.5. The number of ether oxygens (including phenoxy) is 9. The van der Waals surface area contributed by atoms with Gasteiger partial charge in [-0.25, -0.2) is 14.4 Å². The standard InChI is InChI=1S/C39H43N3O15/c1-39(2)56-34-33(54-31(45)20-42-38(48)52-23-27-16-10-5-11-17-27)32(55-35(34)57-39)28(53-30(44)19-41-37(47)51-22-26-14-8-4-9-15-26)24-49-29(43)18-40-36(46)50-21-25-12-6-3-7-13-25/h3-17,28,32-35H,18-24H2,1-2H3,(H,40,46)(H,41,47)(H,42,48)/t28-,32+,33-,34+,35-/m0/s1. The lowest BCUT2D eigenvalue weighted by molar-refractivity contribution is -0.234. The van der Waals surface area contributed by atoms with E-state index >= 15 is 0 Å². The van der Waals surface area contributed by atoms with E-state index in [2.05, 4.69) is 16.0 Å². The first-order chi connectivity index (χ1) is 27.4. The van der Waals surface area contributed by atoms with Crippen molar-refractivity contribution < 1.29 is 71.4 Å². The van der Waals surface area contributed by atoms with Crippen LogP contribution in [0.2, 0.25) is 0 Å². The number of carbonyl (C=O) groups is 6. The maximum atomic E-state index is 13.1. The van der Waals surface area contributed by atoms with Crippen molar-refractivity contribution in [3.05, 3.63) is 108 Å². The van der Waals surface area contributed by atoms with Gasteiger partial charge in [-0.05, 0) is 30.5 Å². The van der Waals surface area contributed by atoms with Crippen LogP contribution in [0.15, 0.2) is 91.0 Å². The van der Waals surface area contributed by atoms with Gasteiger partial charge in [-0.15, -0.1) is 0 Å². The summed E-state index contributed by atoms with van der Waals surface area (Å²) in [5.41, 5.74) is 2.17. The third-order valence-electron chi connectivity index (χ3n) is 8.12. The van der Waals surface area contributed by atoms with Crippen LogP contribution in [0.1, 0.15) is 30.5 Å². The minimum atomic E-state index is -1.49. The monoisotopic (exact) mass is 793 g/mol. The molecule has 3 aromatic rings. The van der Waals surface area contributed by atoms with Crippen molar-refractivity contribution in [3.8, 4) is 0 Å². The summed E-state index contributed by atoms with van der Waals surface area (Å²) in [5, 5.41) is 6.86. The van der Waals surface area contributed by atoms with E-state index < -0.39 is 98.9 Å². The molecule has 2 aliphatic heterocycles. The number of carbonyl (C=O) groups excluding carboxylic acids is 6. The summed E-state index contributed by atoms with van der Waals surface area (Å²) in [4.78, 5) is 75.7. The molecule has 5 rings (SSSR count). The molecular formula is C39H43N3O15. The van der Waals surface area contributed by atoms with Gasteiger partial charge >= 0.3 is 36.2 Å². The van der Waals surface area contributed by atoms with Crippen molar-refractivity contribution in [2.24, 2.45) is 0 Å². The molecule has 18 heteroatoms. The smallest absolute Gasteiger partial charge is 0.407 e. The van der Waals surface area contributed by atoms with Crippen molar-refractivity contribution in [1.82, 2.24) is 16.0 Å². The Bertz CT molecular complexity index is 1810. The third kappa shape index (κ3) is 13.8. The highest BCUT2D eigenvalue weighted by Gasteiger charge is 2.59. The summed E-state index contributed by atoms with van der Waals surface area (Å²) < 4.78 is 49.8. The Labute approximate surface area is 327 Å². The van der Waals surface area contributed by atoms with E-state index in [1.807, 2.05) is 12.1 Å². The fraction of sp³-hybridized carbons (Fsp3) is 0.385. The highest BCUT2D eigenvalue weighted by molar-refractivity contribution is 5.79. The number of amides is 3. The van der Waals surface area contributed by atoms with Crippen LogP contribution in [0.5, 0.6) is 0 Å². The molecule has 3 amide bonds. The minimum Gasteiger partial charge on any atom is -0.460 e. The van der Waals surface area contributed by atoms with Crippen LogP contribution in [0.4, 0.5) is 14.4 Å². The van der Waals surface area contributed by atoms with E-state index in [0.29, 0.717) is 5.56 Å². The van der Waals surface area contributed by atoms with Gasteiger partial charge < -0.3 is 58.6 Å². The molecule has 0 saturated carbocycles. The van der Waals surface area contributed by atoms with Crippen molar-refractivity contribution in [2.45, 2.75) is 70.2 Å². The number of rotatable bonds is 17. The van der Waals surface area contributed by atoms with E-state index in [1.165, 1.54) is 0 Å². The van der Waals surface area contributed by atoms with Gasteiger partial charge in [-0.3, -0.25) is 14.4 Å². The molecule has 3 N–H and O–H groups in total. The summed E-state index contributed by atoms with van der Waals surface area (Å²) in [5.74, 6) is -4.07. The van der Waals surface area contributed by atoms with Crippen LogP contribution in [0.3, 0.4) is 0 Å². The van der Waals surface area contributed by atoms with Crippen LogP contribution in [-0.4, -0.2) is 98.9 Å². The zero-order valence-electron chi connectivity index (χ0n) is 31.1. The predicted molar refractivity (Wildman–Crippen MR) is 193 cm³/mol. The van der Waals surface area contributed by atoms with Crippen molar-refractivity contribution in [1.29, 1.82) is 0 Å². The molecular weight excluding hydrogens is 750 g/mol. The van der Waals surface area contributed by atoms with Gasteiger partial charge in [0.25, 0.3) is 0 Å². The fourth-order valence-electron chi connectivity index (χ4n) is 5.52. The van der Waals surface area contributed by atoms with Gasteiger partial charge in [0.1, 0.15) is 52.2 Å². The van der Waals surface area contributed by atoms with E-state index in [-0.39, 0.29) is 19.8 Å². The topological polar surface area (TPSA) is 222 Å². The molecule has 0 bridgehead atoms. The van der Waals surface area contributed by atoms with Gasteiger partial charge in [0.15, 0.2) is 30.4 Å². The maximum Gasteiger partial charge on any atom is 0.407 e.